The third-order valence-electron chi connectivity index (χ3n) is 11.8. The minimum atomic E-state index is -0.957. The first-order chi connectivity index (χ1) is 29.9. The van der Waals surface area contributed by atoms with Crippen molar-refractivity contribution in [2.24, 2.45) is 0 Å². The number of nitrogens with one attached hydrogen (secondary N) is 4. The molecule has 0 radical (unpaired) electrons. The lowest BCUT2D eigenvalue weighted by Crippen LogP contribution is -2.56. The first kappa shape index (κ1) is 44.9. The molecule has 326 valence electrons. The lowest BCUT2D eigenvalue weighted by Gasteiger charge is -2.32. The number of H-pyrrole nitrogens is 2. The van der Waals surface area contributed by atoms with E-state index in [-0.39, 0.29) is 37.9 Å². The summed E-state index contributed by atoms with van der Waals surface area (Å²) >= 11 is 0. The van der Waals surface area contributed by atoms with Gasteiger partial charge in [0.1, 0.15) is 24.2 Å². The van der Waals surface area contributed by atoms with E-state index in [1.54, 1.807) is 29.4 Å². The lowest BCUT2D eigenvalue weighted by atomic mass is 10.0. The van der Waals surface area contributed by atoms with E-state index < -0.39 is 36.1 Å². The minimum Gasteiger partial charge on any atom is -0.464 e. The van der Waals surface area contributed by atoms with Crippen molar-refractivity contribution in [2.75, 3.05) is 18.1 Å². The summed E-state index contributed by atoms with van der Waals surface area (Å²) < 4.78 is 11.6. The summed E-state index contributed by atoms with van der Waals surface area (Å²) in [5, 5.41) is 8.03. The van der Waals surface area contributed by atoms with Crippen LogP contribution < -0.4 is 15.5 Å². The van der Waals surface area contributed by atoms with E-state index in [1.807, 2.05) is 60.9 Å². The Kier molecular flexibility index (Phi) is 17.2. The Hall–Kier alpha value is -5.65. The van der Waals surface area contributed by atoms with Gasteiger partial charge in [-0.2, -0.15) is 0 Å². The first-order valence-electron chi connectivity index (χ1n) is 22.6. The number of fused-ring (bicyclic) bond motifs is 2. The van der Waals surface area contributed by atoms with Crippen molar-refractivity contribution in [3.63, 3.8) is 0 Å². The van der Waals surface area contributed by atoms with Crippen LogP contribution in [0.3, 0.4) is 0 Å². The van der Waals surface area contributed by atoms with Crippen molar-refractivity contribution in [2.45, 2.75) is 141 Å². The molecule has 5 aromatic rings. The molecule has 2 aromatic carbocycles. The normalized spacial score (nSPS) is 16.1. The van der Waals surface area contributed by atoms with E-state index >= 15 is 0 Å². The van der Waals surface area contributed by atoms with Crippen LogP contribution in [0.25, 0.3) is 21.8 Å². The molecule has 2 amide bonds. The fourth-order valence-corrected chi connectivity index (χ4v) is 8.48. The number of ether oxygens (including phenoxy) is 2. The highest BCUT2D eigenvalue weighted by atomic mass is 16.5. The maximum absolute atomic E-state index is 14.5. The van der Waals surface area contributed by atoms with Crippen LogP contribution in [0.1, 0.15) is 115 Å². The van der Waals surface area contributed by atoms with Gasteiger partial charge in [0.2, 0.25) is 11.8 Å². The van der Waals surface area contributed by atoms with Crippen LogP contribution in [0.5, 0.6) is 0 Å². The SMILES string of the molecule is CCCCCCCCOC(=O)[C@H](Cc1c[nH]c2ccccc12)NC(=O)[C@@H]1CC[C@@H](C(=O)N[C@@H](Cc2c[nH]c3ccccc23)C(=O)OCCCCCCCC)N1c1ccncc1. The van der Waals surface area contributed by atoms with E-state index in [4.69, 9.17) is 9.47 Å². The Morgan fingerprint density at radius 3 is 1.51 bits per heavy atom. The van der Waals surface area contributed by atoms with Crippen LogP contribution in [0.15, 0.2) is 85.5 Å². The highest BCUT2D eigenvalue weighted by molar-refractivity contribution is 5.96. The summed E-state index contributed by atoms with van der Waals surface area (Å²) in [6.07, 6.45) is 20.8. The second-order valence-electron chi connectivity index (χ2n) is 16.3. The lowest BCUT2D eigenvalue weighted by molar-refractivity contribution is -0.148. The summed E-state index contributed by atoms with van der Waals surface area (Å²) in [5.74, 6) is -1.76. The number of pyridine rings is 1. The maximum atomic E-state index is 14.5. The number of carbonyl (C=O) groups is 4. The number of hydrogen-bond acceptors (Lipinski definition) is 8. The van der Waals surface area contributed by atoms with E-state index in [0.717, 1.165) is 97.1 Å². The van der Waals surface area contributed by atoms with E-state index in [9.17, 15) is 19.2 Å². The highest BCUT2D eigenvalue weighted by Gasteiger charge is 2.43. The van der Waals surface area contributed by atoms with Crippen molar-refractivity contribution in [3.8, 4) is 0 Å². The summed E-state index contributed by atoms with van der Waals surface area (Å²) in [6.45, 7) is 4.92. The number of unbranched alkanes of at least 4 members (excludes halogenated alkanes) is 10. The molecular weight excluding hydrogens is 769 g/mol. The zero-order valence-electron chi connectivity index (χ0n) is 36.0. The zero-order valence-corrected chi connectivity index (χ0v) is 36.0. The van der Waals surface area contributed by atoms with Crippen LogP contribution in [-0.2, 0) is 41.5 Å². The average molecular weight is 833 g/mol. The van der Waals surface area contributed by atoms with Gasteiger partial charge in [-0.15, -0.1) is 0 Å². The van der Waals surface area contributed by atoms with E-state index in [2.05, 4.69) is 39.4 Å². The summed E-state index contributed by atoms with van der Waals surface area (Å²) in [5.41, 5.74) is 4.27. The Labute approximate surface area is 359 Å². The molecule has 0 saturated carbocycles. The third kappa shape index (κ3) is 12.5. The average Bonchev–Trinajstić information content (AvgIpc) is 4.03. The third-order valence-corrected chi connectivity index (χ3v) is 11.8. The number of aromatic nitrogens is 3. The van der Waals surface area contributed by atoms with Gasteiger partial charge in [-0.25, -0.2) is 9.59 Å². The van der Waals surface area contributed by atoms with Gasteiger partial charge in [-0.1, -0.05) is 114 Å². The fourth-order valence-electron chi connectivity index (χ4n) is 8.48. The molecule has 3 aromatic heterocycles. The maximum Gasteiger partial charge on any atom is 0.328 e. The molecule has 0 bridgehead atoms. The number of anilines is 1. The largest absolute Gasteiger partial charge is 0.464 e. The van der Waals surface area contributed by atoms with Crippen molar-refractivity contribution >= 4 is 51.2 Å². The quantitative estimate of drug-likeness (QED) is 0.0336. The van der Waals surface area contributed by atoms with Crippen molar-refractivity contribution in [1.29, 1.82) is 0 Å². The Balaban J connectivity index is 1.18. The molecular formula is C49H64N6O6. The predicted octanol–water partition coefficient (Wildman–Crippen LogP) is 8.64. The van der Waals surface area contributed by atoms with Crippen molar-refractivity contribution in [3.05, 3.63) is 96.6 Å². The second-order valence-corrected chi connectivity index (χ2v) is 16.3. The number of carbonyl (C=O) groups excluding carboxylic acids is 4. The van der Waals surface area contributed by atoms with Gasteiger partial charge in [0.05, 0.1) is 13.2 Å². The molecule has 0 aliphatic carbocycles. The van der Waals surface area contributed by atoms with Crippen molar-refractivity contribution < 1.29 is 28.7 Å². The van der Waals surface area contributed by atoms with Gasteiger partial charge in [0, 0.05) is 65.1 Å². The monoisotopic (exact) mass is 832 g/mol. The number of benzene rings is 2. The van der Waals surface area contributed by atoms with Crippen molar-refractivity contribution in [1.82, 2.24) is 25.6 Å². The second kappa shape index (κ2) is 23.4. The Morgan fingerprint density at radius 1 is 0.623 bits per heavy atom. The molecule has 4 heterocycles. The molecule has 4 N–H and O–H groups in total. The molecule has 0 spiro atoms. The summed E-state index contributed by atoms with van der Waals surface area (Å²) in [6, 6.07) is 15.7. The van der Waals surface area contributed by atoms with Crippen LogP contribution in [-0.4, -0.2) is 76.1 Å². The molecule has 12 nitrogen and oxygen atoms in total. The Bertz CT molecular complexity index is 2020. The fraction of sp³-hybridized carbons (Fsp3) is 0.490. The standard InChI is InChI=1S/C49H64N6O6/c1-3-5-7-9-11-17-29-60-48(58)42(31-35-33-51-40-21-15-13-19-38(35)40)53-46(56)44-23-24-45(55(44)37-25-27-50-28-26-37)47(57)54-43(49(59)61-30-18-12-10-8-6-4-2)32-36-34-52-41-22-16-14-20-39(36)41/h13-16,19-22,25-28,33-34,42-45,51-52H,3-12,17-18,23-24,29-32H2,1-2H3,(H,53,56)(H,54,57)/t42-,43-,44-,45-/m0/s1. The summed E-state index contributed by atoms with van der Waals surface area (Å²) in [4.78, 5) is 69.1. The molecule has 12 heteroatoms. The highest BCUT2D eigenvalue weighted by Crippen LogP contribution is 2.32. The Morgan fingerprint density at radius 2 is 1.05 bits per heavy atom. The van der Waals surface area contributed by atoms with Crippen LogP contribution in [0.2, 0.25) is 0 Å². The number of nitrogens with zero attached hydrogens (tertiary/aromatic N) is 2. The minimum absolute atomic E-state index is 0.230. The number of esters is 2. The molecule has 0 unspecified atom stereocenters. The molecule has 6 rings (SSSR count). The number of aromatic amines is 2. The van der Waals surface area contributed by atoms with Gasteiger partial charge in [-0.3, -0.25) is 14.6 Å². The zero-order chi connectivity index (χ0) is 42.8. The van der Waals surface area contributed by atoms with Crippen LogP contribution >= 0.6 is 0 Å². The molecule has 1 saturated heterocycles. The van der Waals surface area contributed by atoms with Gasteiger partial charge in [0.25, 0.3) is 0 Å². The first-order valence-corrected chi connectivity index (χ1v) is 22.6. The smallest absolute Gasteiger partial charge is 0.328 e. The predicted molar refractivity (Wildman–Crippen MR) is 240 cm³/mol. The van der Waals surface area contributed by atoms with E-state index in [1.165, 1.54) is 12.8 Å². The van der Waals surface area contributed by atoms with Gasteiger partial charge >= 0.3 is 11.9 Å². The molecule has 4 atom stereocenters. The molecule has 1 aliphatic heterocycles. The van der Waals surface area contributed by atoms with Gasteiger partial charge in [0.15, 0.2) is 0 Å². The summed E-state index contributed by atoms with van der Waals surface area (Å²) in [7, 11) is 0. The molecule has 1 fully saturated rings. The topological polar surface area (TPSA) is 159 Å². The van der Waals surface area contributed by atoms with Crippen LogP contribution in [0.4, 0.5) is 5.69 Å². The van der Waals surface area contributed by atoms with Gasteiger partial charge < -0.3 is 35.0 Å². The molecule has 61 heavy (non-hydrogen) atoms. The van der Waals surface area contributed by atoms with E-state index in [0.29, 0.717) is 18.5 Å². The number of hydrogen-bond donors (Lipinski definition) is 4. The number of amides is 2. The van der Waals surface area contributed by atoms with Gasteiger partial charge in [-0.05, 0) is 61.1 Å². The van der Waals surface area contributed by atoms with Crippen LogP contribution in [0, 0.1) is 0 Å². The molecule has 1 aliphatic rings. The number of para-hydroxylation sites is 2. The number of rotatable bonds is 25.